The molecule has 3 atom stereocenters. The third-order valence-electron chi connectivity index (χ3n) is 7.47. The molecule has 0 saturated carbocycles. The average Bonchev–Trinajstić information content (AvgIpc) is 3.00. The Bertz CT molecular complexity index is 810. The Hall–Kier alpha value is -1.56. The molecule has 0 aromatic heterocycles. The van der Waals surface area contributed by atoms with E-state index in [4.69, 9.17) is 18.9 Å². The zero-order valence-electron chi connectivity index (χ0n) is 16.3. The second kappa shape index (κ2) is 5.03. The molecule has 1 fully saturated rings. The van der Waals surface area contributed by atoms with Crippen LogP contribution in [0.2, 0.25) is 0 Å². The van der Waals surface area contributed by atoms with Gasteiger partial charge >= 0.3 is 0 Å². The van der Waals surface area contributed by atoms with Gasteiger partial charge in [-0.3, -0.25) is 0 Å². The van der Waals surface area contributed by atoms with Gasteiger partial charge in [-0.1, -0.05) is 12.1 Å². The normalized spacial score (nSPS) is 34.6. The summed E-state index contributed by atoms with van der Waals surface area (Å²) in [6, 6.07) is 4.76. The Balaban J connectivity index is 1.83. The fraction of sp³-hybridized carbons (Fsp3) is 0.619. The lowest BCUT2D eigenvalue weighted by Gasteiger charge is -2.58. The van der Waals surface area contributed by atoms with Gasteiger partial charge in [0.05, 0.1) is 33.2 Å². The summed E-state index contributed by atoms with van der Waals surface area (Å²) >= 11 is 0. The molecule has 1 saturated heterocycles. The molecule has 2 aliphatic carbocycles. The number of nitrogens with zero attached hydrogens (tertiary/aromatic N) is 1. The Kier molecular flexibility index (Phi) is 3.21. The van der Waals surface area contributed by atoms with Crippen molar-refractivity contribution < 1.29 is 23.4 Å². The molecule has 1 aromatic carbocycles. The third-order valence-corrected chi connectivity index (χ3v) is 7.47. The molecule has 1 spiro atoms. The van der Waals surface area contributed by atoms with Crippen molar-refractivity contribution in [2.45, 2.75) is 42.6 Å². The minimum atomic E-state index is -0.763. The van der Waals surface area contributed by atoms with E-state index in [0.29, 0.717) is 12.5 Å². The summed E-state index contributed by atoms with van der Waals surface area (Å²) in [7, 11) is 9.88. The van der Waals surface area contributed by atoms with Gasteiger partial charge in [0.25, 0.3) is 0 Å². The van der Waals surface area contributed by atoms with Gasteiger partial charge in [0.15, 0.2) is 17.6 Å². The van der Waals surface area contributed by atoms with Crippen LogP contribution in [0.25, 0.3) is 0 Å². The van der Waals surface area contributed by atoms with Crippen LogP contribution in [-0.4, -0.2) is 64.4 Å². The first-order valence-electron chi connectivity index (χ1n) is 9.44. The van der Waals surface area contributed by atoms with Crippen LogP contribution in [0.15, 0.2) is 23.8 Å². The molecule has 5 nitrogen and oxygen atoms in total. The zero-order valence-corrected chi connectivity index (χ0v) is 16.3. The van der Waals surface area contributed by atoms with Crippen LogP contribution in [0.4, 0.5) is 0 Å². The molecule has 2 heterocycles. The van der Waals surface area contributed by atoms with Crippen molar-refractivity contribution in [1.29, 1.82) is 0 Å². The monoisotopic (exact) mass is 358 g/mol. The molecular weight excluding hydrogens is 330 g/mol. The Labute approximate surface area is 155 Å². The lowest BCUT2D eigenvalue weighted by molar-refractivity contribution is -0.915. The quantitative estimate of drug-likeness (QED) is 0.472. The van der Waals surface area contributed by atoms with Crippen molar-refractivity contribution in [2.75, 3.05) is 42.0 Å². The second-order valence-electron chi connectivity index (χ2n) is 8.66. The SMILES string of the molecule is COc1ccc2c3c1O[C@H]1C(OC)(OC)CC=C4[C@@H](C2)[N+](C)(C)CC[C@]431. The largest absolute Gasteiger partial charge is 0.493 e. The number of likely N-dealkylation sites (tertiary alicyclic amines) is 1. The van der Waals surface area contributed by atoms with E-state index in [9.17, 15) is 0 Å². The number of quaternary nitrogens is 1. The van der Waals surface area contributed by atoms with Crippen molar-refractivity contribution in [3.63, 3.8) is 0 Å². The fourth-order valence-electron chi connectivity index (χ4n) is 6.05. The van der Waals surface area contributed by atoms with Crippen molar-refractivity contribution in [3.05, 3.63) is 34.9 Å². The molecule has 140 valence electrons. The zero-order chi connectivity index (χ0) is 18.3. The highest BCUT2D eigenvalue weighted by Gasteiger charge is 2.70. The van der Waals surface area contributed by atoms with E-state index in [-0.39, 0.29) is 11.5 Å². The molecule has 5 rings (SSSR count). The van der Waals surface area contributed by atoms with Gasteiger partial charge in [-0.25, -0.2) is 0 Å². The number of ether oxygens (including phenoxy) is 4. The van der Waals surface area contributed by atoms with Crippen molar-refractivity contribution >= 4 is 0 Å². The highest BCUT2D eigenvalue weighted by molar-refractivity contribution is 5.65. The first-order valence-corrected chi connectivity index (χ1v) is 9.44. The lowest BCUT2D eigenvalue weighted by Crippen LogP contribution is -2.69. The van der Waals surface area contributed by atoms with E-state index in [2.05, 4.69) is 26.2 Å². The average molecular weight is 358 g/mol. The fourth-order valence-corrected chi connectivity index (χ4v) is 6.05. The maximum absolute atomic E-state index is 6.64. The van der Waals surface area contributed by atoms with E-state index in [1.807, 2.05) is 6.07 Å². The third kappa shape index (κ3) is 1.68. The molecule has 26 heavy (non-hydrogen) atoms. The van der Waals surface area contributed by atoms with E-state index in [0.717, 1.165) is 35.4 Å². The van der Waals surface area contributed by atoms with Gasteiger partial charge in [0.1, 0.15) is 6.04 Å². The van der Waals surface area contributed by atoms with Crippen molar-refractivity contribution in [1.82, 2.24) is 0 Å². The van der Waals surface area contributed by atoms with Gasteiger partial charge in [-0.15, -0.1) is 0 Å². The van der Waals surface area contributed by atoms with Crippen LogP contribution in [0.1, 0.15) is 24.0 Å². The maximum Gasteiger partial charge on any atom is 0.210 e. The summed E-state index contributed by atoms with van der Waals surface area (Å²) in [4.78, 5) is 0. The first kappa shape index (κ1) is 16.6. The summed E-state index contributed by atoms with van der Waals surface area (Å²) in [6.07, 6.45) is 5.00. The van der Waals surface area contributed by atoms with Crippen LogP contribution in [-0.2, 0) is 21.3 Å². The van der Waals surface area contributed by atoms with Crippen LogP contribution in [0, 0.1) is 0 Å². The molecule has 4 aliphatic rings. The van der Waals surface area contributed by atoms with Gasteiger partial charge in [0, 0.05) is 39.0 Å². The standard InChI is InChI=1S/C21H28NO4/c1-22(2)11-10-20-14-8-9-21(24-4,25-5)19(20)26-18-16(23-3)7-6-13(17(18)20)12-15(14)22/h6-8,15,19H,9-12H2,1-5H3/q+1/t15-,19-,20+/m1/s1. The topological polar surface area (TPSA) is 36.9 Å². The summed E-state index contributed by atoms with van der Waals surface area (Å²) in [5.74, 6) is 0.943. The Morgan fingerprint density at radius 2 is 1.92 bits per heavy atom. The molecule has 0 amide bonds. The molecule has 0 N–H and O–H groups in total. The minimum absolute atomic E-state index is 0.167. The first-order chi connectivity index (χ1) is 12.4. The van der Waals surface area contributed by atoms with E-state index in [1.54, 1.807) is 21.3 Å². The molecule has 0 radical (unpaired) electrons. The number of piperidine rings is 1. The number of hydrogen-bond acceptors (Lipinski definition) is 4. The minimum Gasteiger partial charge on any atom is -0.493 e. The van der Waals surface area contributed by atoms with E-state index < -0.39 is 5.79 Å². The van der Waals surface area contributed by atoms with Gasteiger partial charge in [0.2, 0.25) is 5.79 Å². The summed E-state index contributed by atoms with van der Waals surface area (Å²) in [5.41, 5.74) is 4.06. The van der Waals surface area contributed by atoms with E-state index >= 15 is 0 Å². The summed E-state index contributed by atoms with van der Waals surface area (Å²) < 4.78 is 25.2. The predicted molar refractivity (Wildman–Crippen MR) is 97.6 cm³/mol. The van der Waals surface area contributed by atoms with Crippen LogP contribution in [0.3, 0.4) is 0 Å². The molecule has 2 aliphatic heterocycles. The van der Waals surface area contributed by atoms with Crippen molar-refractivity contribution in [3.8, 4) is 11.5 Å². The van der Waals surface area contributed by atoms with Crippen LogP contribution >= 0.6 is 0 Å². The smallest absolute Gasteiger partial charge is 0.210 e. The van der Waals surface area contributed by atoms with Crippen LogP contribution in [0.5, 0.6) is 11.5 Å². The number of likely N-dealkylation sites (N-methyl/N-ethyl adjacent to an activating group) is 1. The molecule has 1 aromatic rings. The van der Waals surface area contributed by atoms with Gasteiger partial charge < -0.3 is 23.4 Å². The summed E-state index contributed by atoms with van der Waals surface area (Å²) in [6.45, 7) is 1.11. The summed E-state index contributed by atoms with van der Waals surface area (Å²) in [5, 5.41) is 0. The second-order valence-corrected chi connectivity index (χ2v) is 8.66. The van der Waals surface area contributed by atoms with Crippen LogP contribution < -0.4 is 9.47 Å². The number of methoxy groups -OCH3 is 3. The molecule has 2 bridgehead atoms. The number of rotatable bonds is 3. The maximum atomic E-state index is 6.64. The van der Waals surface area contributed by atoms with Gasteiger partial charge in [-0.05, 0) is 17.2 Å². The highest BCUT2D eigenvalue weighted by atomic mass is 16.7. The van der Waals surface area contributed by atoms with E-state index in [1.165, 1.54) is 16.7 Å². The van der Waals surface area contributed by atoms with Gasteiger partial charge in [-0.2, -0.15) is 0 Å². The highest BCUT2D eigenvalue weighted by Crippen LogP contribution is 2.65. The Morgan fingerprint density at radius 3 is 2.62 bits per heavy atom. The lowest BCUT2D eigenvalue weighted by atomic mass is 9.54. The van der Waals surface area contributed by atoms with Crippen molar-refractivity contribution in [2.24, 2.45) is 0 Å². The number of hydrogen-bond donors (Lipinski definition) is 0. The predicted octanol–water partition coefficient (Wildman–Crippen LogP) is 2.42. The molecule has 5 heteroatoms. The molecule has 0 unspecified atom stereocenters. The number of benzene rings is 1. The Morgan fingerprint density at radius 1 is 1.15 bits per heavy atom. The molecular formula is C21H28NO4+.